The van der Waals surface area contributed by atoms with Crippen molar-refractivity contribution in [2.45, 2.75) is 224 Å². The lowest BCUT2D eigenvalue weighted by atomic mass is 9.85. The summed E-state index contributed by atoms with van der Waals surface area (Å²) in [6, 6.07) is -10.2. The number of hydrogen-bond acceptors (Lipinski definition) is 20. The van der Waals surface area contributed by atoms with Crippen LogP contribution in [-0.2, 0) is 57.5 Å². The molecule has 1 unspecified atom stereocenters. The van der Waals surface area contributed by atoms with Gasteiger partial charge in [-0.3, -0.25) is 58.7 Å². The number of aliphatic hydroxyl groups is 5. The Balaban J connectivity index is 2.39. The number of ether oxygens (including phenoxy) is 1. The van der Waals surface area contributed by atoms with Gasteiger partial charge in [-0.1, -0.05) is 124 Å². The first-order valence-electron chi connectivity index (χ1n) is 31.9. The minimum absolute atomic E-state index is 0.0344. The molecule has 1 aromatic rings. The molecule has 1 heterocycles. The Morgan fingerprint density at radius 1 is 0.710 bits per heavy atom. The molecular formula is C61H103N15O17. The molecule has 1 saturated carbocycles. The average molecular weight is 1320 g/mol. The van der Waals surface area contributed by atoms with E-state index in [1.807, 2.05) is 5.32 Å². The van der Waals surface area contributed by atoms with Crippen LogP contribution in [0.1, 0.15) is 145 Å². The van der Waals surface area contributed by atoms with Crippen molar-refractivity contribution in [3.05, 3.63) is 35.9 Å². The third-order valence-corrected chi connectivity index (χ3v) is 16.2. The maximum Gasteiger partial charge on any atom is 0.331 e. The predicted octanol–water partition coefficient (Wildman–Crippen LogP) is -4.51. The van der Waals surface area contributed by atoms with E-state index in [1.54, 1.807) is 41.5 Å². The first-order valence-corrected chi connectivity index (χ1v) is 31.9. The van der Waals surface area contributed by atoms with Crippen LogP contribution in [0.15, 0.2) is 30.3 Å². The van der Waals surface area contributed by atoms with Crippen molar-refractivity contribution in [2.24, 2.45) is 46.8 Å². The SMILES string of the molecule is CC[C@H](C)[C@@H]1NC(=O)[C@@H](CCCNC(=N)N)NC(=O)[C@H](CC(C)C)NC(=O)[C@H]([C@H](O)C(C)C)NC(=O)[C@@H](NC(=O)[C@H](CC(C)C)NC(=O)[C@H](N)CC2CCCCC2)[C@@H](c2ccccc2)OC(=O)[C@H](CO)NC(=O)[C@H]([C@H](O)C(N)=O)NC(=O)CNC(=O)[C@H]([C@H](C)O)NC1O. The molecule has 0 spiro atoms. The number of carbonyl (C=O) groups excluding carboxylic acids is 11. The van der Waals surface area contributed by atoms with E-state index in [-0.39, 0.29) is 62.0 Å². The molecule has 0 radical (unpaired) electrons. The number of esters is 1. The summed E-state index contributed by atoms with van der Waals surface area (Å²) in [5.41, 5.74) is 17.3. The van der Waals surface area contributed by atoms with E-state index in [0.29, 0.717) is 6.42 Å². The second-order valence-electron chi connectivity index (χ2n) is 25.4. The van der Waals surface area contributed by atoms with E-state index in [1.165, 1.54) is 44.2 Å². The molecule has 2 fully saturated rings. The van der Waals surface area contributed by atoms with Crippen LogP contribution in [0, 0.1) is 35.0 Å². The normalized spacial score (nSPS) is 26.3. The van der Waals surface area contributed by atoms with Gasteiger partial charge in [-0.2, -0.15) is 0 Å². The molecular weight excluding hydrogens is 1210 g/mol. The fourth-order valence-corrected chi connectivity index (χ4v) is 10.7. The van der Waals surface area contributed by atoms with Gasteiger partial charge in [0.2, 0.25) is 59.1 Å². The molecule has 93 heavy (non-hydrogen) atoms. The summed E-state index contributed by atoms with van der Waals surface area (Å²) in [7, 11) is 0. The number of rotatable bonds is 23. The monoisotopic (exact) mass is 1320 g/mol. The molecule has 10 amide bonds. The zero-order valence-corrected chi connectivity index (χ0v) is 54.7. The van der Waals surface area contributed by atoms with E-state index in [4.69, 9.17) is 27.3 Å². The number of benzene rings is 1. The summed E-state index contributed by atoms with van der Waals surface area (Å²) >= 11 is 0. The average Bonchev–Trinajstić information content (AvgIpc) is 0.857. The van der Waals surface area contributed by atoms with Crippen LogP contribution in [0.25, 0.3) is 0 Å². The fraction of sp³-hybridized carbons (Fsp3) is 0.705. The van der Waals surface area contributed by atoms with Crippen molar-refractivity contribution in [1.29, 1.82) is 5.41 Å². The molecule has 1 aliphatic carbocycles. The van der Waals surface area contributed by atoms with Gasteiger partial charge in [-0.15, -0.1) is 0 Å². The van der Waals surface area contributed by atoms with Gasteiger partial charge < -0.3 is 101 Å². The molecule has 524 valence electrons. The molecule has 3 rings (SSSR count). The Labute approximate surface area is 542 Å². The van der Waals surface area contributed by atoms with E-state index < -0.39 is 187 Å². The van der Waals surface area contributed by atoms with Gasteiger partial charge in [0.05, 0.1) is 37.4 Å². The quantitative estimate of drug-likeness (QED) is 0.0212. The van der Waals surface area contributed by atoms with E-state index in [0.717, 1.165) is 39.0 Å². The fourth-order valence-electron chi connectivity index (χ4n) is 10.7. The van der Waals surface area contributed by atoms with Gasteiger partial charge in [0.25, 0.3) is 0 Å². The lowest BCUT2D eigenvalue weighted by molar-refractivity contribution is -0.159. The van der Waals surface area contributed by atoms with Crippen molar-refractivity contribution in [3.8, 4) is 0 Å². The Morgan fingerprint density at radius 3 is 1.87 bits per heavy atom. The minimum atomic E-state index is -2.56. The number of amides is 10. The highest BCUT2D eigenvalue weighted by molar-refractivity contribution is 5.99. The minimum Gasteiger partial charge on any atom is -0.453 e. The van der Waals surface area contributed by atoms with Crippen LogP contribution >= 0.6 is 0 Å². The van der Waals surface area contributed by atoms with Crippen molar-refractivity contribution in [1.82, 2.24) is 58.5 Å². The number of carbonyl (C=O) groups is 11. The molecule has 23 N–H and O–H groups in total. The second kappa shape index (κ2) is 39.2. The molecule has 0 bridgehead atoms. The Hall–Kier alpha value is -7.62. The lowest BCUT2D eigenvalue weighted by Gasteiger charge is -2.34. The topological polar surface area (TPSA) is 532 Å². The van der Waals surface area contributed by atoms with Crippen LogP contribution in [0.4, 0.5) is 0 Å². The molecule has 32 nitrogen and oxygen atoms in total. The standard InChI is InChI=1S/C61H103N15O17/c1-10-32(8)42-56(88)74-43(33(9)78)55(87)67-27-41(79)72-45(48(81)50(63)82)58(90)71-40(28-77)60(92)93-49(35-20-15-12-16-21-35)46(76-54(86)39(25-30(4)5)69-51(83)36(62)26-34-18-13-11-14-19-34)59(91)75-44(47(80)31(6)7)57(89)70-38(24-29(2)3)53(85)68-37(52(84)73-42)22-17-23-66-61(64)65/h12,15-16,20-21,29-34,36-40,42-49,56,74,77-78,80-81,88H,10-11,13-14,17-19,22-28,62H2,1-9H3,(H2,63,82)(H,67,87)(H,68,85)(H,69,83)(H,70,89)(H,71,90)(H,72,79)(H,73,84)(H,75,91)(H,76,86)(H4,64,65,66)/t32-,33-,36+,37+,38-,39-,40-,42-,43-,44-,45-,46-,47+,48-,49+,56?/m0/s1. The van der Waals surface area contributed by atoms with Crippen LogP contribution in [-0.4, -0.2) is 201 Å². The van der Waals surface area contributed by atoms with E-state index >= 15 is 4.79 Å². The third-order valence-electron chi connectivity index (χ3n) is 16.2. The van der Waals surface area contributed by atoms with Crippen LogP contribution in [0.2, 0.25) is 0 Å². The molecule has 16 atom stereocenters. The summed E-state index contributed by atoms with van der Waals surface area (Å²) in [4.78, 5) is 157. The largest absolute Gasteiger partial charge is 0.453 e. The van der Waals surface area contributed by atoms with E-state index in [2.05, 4.69) is 53.2 Å². The van der Waals surface area contributed by atoms with Crippen LogP contribution in [0.5, 0.6) is 0 Å². The van der Waals surface area contributed by atoms with Crippen molar-refractivity contribution in [2.75, 3.05) is 19.7 Å². The summed E-state index contributed by atoms with van der Waals surface area (Å²) in [5, 5.41) is 90.9. The number of nitrogens with two attached hydrogens (primary N) is 3. The molecule has 0 aromatic heterocycles. The molecule has 1 aliphatic heterocycles. The number of primary amides is 1. The van der Waals surface area contributed by atoms with Crippen molar-refractivity contribution < 1.29 is 83.0 Å². The highest BCUT2D eigenvalue weighted by Gasteiger charge is 2.44. The van der Waals surface area contributed by atoms with Crippen LogP contribution in [0.3, 0.4) is 0 Å². The highest BCUT2D eigenvalue weighted by Crippen LogP contribution is 2.28. The van der Waals surface area contributed by atoms with Gasteiger partial charge in [-0.05, 0) is 74.2 Å². The zero-order valence-electron chi connectivity index (χ0n) is 54.7. The number of aliphatic hydroxyl groups excluding tert-OH is 5. The molecule has 2 aliphatic rings. The number of guanidine groups is 1. The van der Waals surface area contributed by atoms with Gasteiger partial charge >= 0.3 is 5.97 Å². The van der Waals surface area contributed by atoms with Crippen molar-refractivity contribution >= 4 is 71.0 Å². The predicted molar refractivity (Wildman–Crippen MR) is 338 cm³/mol. The molecule has 32 heteroatoms. The smallest absolute Gasteiger partial charge is 0.331 e. The number of nitrogens with one attached hydrogen (secondary N) is 12. The first-order chi connectivity index (χ1) is 43.7. The zero-order chi connectivity index (χ0) is 70.0. The van der Waals surface area contributed by atoms with Crippen molar-refractivity contribution in [3.63, 3.8) is 0 Å². The molecule has 1 saturated heterocycles. The Kier molecular flexibility index (Phi) is 33.5. The van der Waals surface area contributed by atoms with Gasteiger partial charge in [-0.25, -0.2) is 4.79 Å². The Morgan fingerprint density at radius 2 is 1.31 bits per heavy atom. The van der Waals surface area contributed by atoms with Gasteiger partial charge in [0, 0.05) is 6.54 Å². The summed E-state index contributed by atoms with van der Waals surface area (Å²) in [5.74, 6) is -15.6. The Bertz CT molecular complexity index is 2670. The number of cyclic esters (lactones) is 1. The lowest BCUT2D eigenvalue weighted by Crippen LogP contribution is -2.64. The third kappa shape index (κ3) is 26.0. The maximum atomic E-state index is 15.4. The van der Waals surface area contributed by atoms with Gasteiger partial charge in [0.1, 0.15) is 48.5 Å². The highest BCUT2D eigenvalue weighted by atomic mass is 16.5. The van der Waals surface area contributed by atoms with E-state index in [9.17, 15) is 73.5 Å². The summed E-state index contributed by atoms with van der Waals surface area (Å²) in [6.07, 6.45) is -4.84. The number of hydrogen-bond donors (Lipinski definition) is 20. The summed E-state index contributed by atoms with van der Waals surface area (Å²) in [6.45, 7) is 12.1. The first kappa shape index (κ1) is 79.6. The second-order valence-corrected chi connectivity index (χ2v) is 25.4. The van der Waals surface area contributed by atoms with Gasteiger partial charge in [0.15, 0.2) is 24.2 Å². The summed E-state index contributed by atoms with van der Waals surface area (Å²) < 4.78 is 5.97. The molecule has 1 aromatic carbocycles. The maximum absolute atomic E-state index is 15.4. The van der Waals surface area contributed by atoms with Crippen LogP contribution < -0.4 is 75.7 Å².